The number of carbonyl (C=O) groups is 6. The summed E-state index contributed by atoms with van der Waals surface area (Å²) in [7, 11) is 0. The van der Waals surface area contributed by atoms with E-state index >= 15 is 0 Å². The third-order valence-corrected chi connectivity index (χ3v) is 5.09. The van der Waals surface area contributed by atoms with Gasteiger partial charge in [-0.1, -0.05) is 12.1 Å². The second kappa shape index (κ2) is 14.4. The smallest absolute Gasteiger partial charge is 0.328 e. The molecular formula is C22H31N5O10. The summed E-state index contributed by atoms with van der Waals surface area (Å²) in [6, 6.07) is -0.295. The van der Waals surface area contributed by atoms with Gasteiger partial charge in [-0.2, -0.15) is 0 Å². The highest BCUT2D eigenvalue weighted by molar-refractivity contribution is 5.96. The first-order valence-electron chi connectivity index (χ1n) is 11.1. The average Bonchev–Trinajstić information content (AvgIpc) is 2.79. The monoisotopic (exact) mass is 525 g/mol. The van der Waals surface area contributed by atoms with E-state index in [-0.39, 0.29) is 12.2 Å². The van der Waals surface area contributed by atoms with Gasteiger partial charge in [0.2, 0.25) is 23.6 Å². The van der Waals surface area contributed by atoms with Crippen LogP contribution in [-0.2, 0) is 35.2 Å². The van der Waals surface area contributed by atoms with Gasteiger partial charge in [-0.15, -0.1) is 0 Å². The highest BCUT2D eigenvalue weighted by Gasteiger charge is 2.32. The molecule has 0 radical (unpaired) electrons. The van der Waals surface area contributed by atoms with Crippen molar-refractivity contribution in [3.8, 4) is 5.75 Å². The summed E-state index contributed by atoms with van der Waals surface area (Å²) in [5, 5.41) is 43.5. The van der Waals surface area contributed by atoms with Gasteiger partial charge >= 0.3 is 11.9 Å². The Bertz CT molecular complexity index is 998. The van der Waals surface area contributed by atoms with Crippen LogP contribution in [0.5, 0.6) is 5.75 Å². The van der Waals surface area contributed by atoms with Gasteiger partial charge in [-0.25, -0.2) is 4.79 Å². The van der Waals surface area contributed by atoms with Gasteiger partial charge in [0.25, 0.3) is 0 Å². The summed E-state index contributed by atoms with van der Waals surface area (Å²) in [4.78, 5) is 71.8. The van der Waals surface area contributed by atoms with Crippen LogP contribution in [0.15, 0.2) is 24.3 Å². The van der Waals surface area contributed by atoms with Gasteiger partial charge in [-0.05, 0) is 37.5 Å². The van der Waals surface area contributed by atoms with Gasteiger partial charge in [0.1, 0.15) is 17.8 Å². The van der Waals surface area contributed by atoms with Crippen molar-refractivity contribution in [1.82, 2.24) is 16.0 Å². The Balaban J connectivity index is 3.00. The number of aliphatic hydroxyl groups excluding tert-OH is 1. The third kappa shape index (κ3) is 10.9. The molecule has 0 bridgehead atoms. The maximum atomic E-state index is 12.9. The van der Waals surface area contributed by atoms with Crippen molar-refractivity contribution in [1.29, 1.82) is 0 Å². The number of nitrogens with two attached hydrogens (primary N) is 2. The Labute approximate surface area is 211 Å². The summed E-state index contributed by atoms with van der Waals surface area (Å²) < 4.78 is 0. The molecule has 5 atom stereocenters. The minimum Gasteiger partial charge on any atom is -0.508 e. The number of phenols is 1. The Morgan fingerprint density at radius 1 is 0.892 bits per heavy atom. The zero-order valence-electron chi connectivity index (χ0n) is 19.9. The van der Waals surface area contributed by atoms with E-state index in [0.717, 1.165) is 6.92 Å². The van der Waals surface area contributed by atoms with Crippen LogP contribution < -0.4 is 27.4 Å². The van der Waals surface area contributed by atoms with Crippen LogP contribution in [0.4, 0.5) is 0 Å². The van der Waals surface area contributed by atoms with E-state index in [4.69, 9.17) is 21.7 Å². The number of rotatable bonds is 15. The van der Waals surface area contributed by atoms with Gasteiger partial charge in [0.05, 0.1) is 18.6 Å². The molecule has 0 saturated heterocycles. The standard InChI is InChI=1S/C22H31N5O10/c1-10(28)18(22(36)37)27-20(34)14(6-7-17(31)32)25-21(35)15(9-16(24)30)26-19(33)13(23)8-11-2-4-12(29)5-3-11/h2-5,10,13-15,18,28-29H,6-9,23H2,1H3,(H2,24,30)(H,25,35)(H,26,33)(H,27,34)(H,31,32)(H,36,37). The molecule has 0 aliphatic carbocycles. The maximum absolute atomic E-state index is 12.9. The number of hydrogen-bond donors (Lipinski definition) is 9. The van der Waals surface area contributed by atoms with Crippen molar-refractivity contribution in [3.05, 3.63) is 29.8 Å². The van der Waals surface area contributed by atoms with Gasteiger partial charge in [0.15, 0.2) is 6.04 Å². The van der Waals surface area contributed by atoms with Crippen LogP contribution in [-0.4, -0.2) is 86.3 Å². The number of aliphatic hydroxyl groups is 1. The molecule has 4 amide bonds. The lowest BCUT2D eigenvalue weighted by Gasteiger charge is -2.25. The average molecular weight is 526 g/mol. The van der Waals surface area contributed by atoms with Crippen LogP contribution in [0.3, 0.4) is 0 Å². The minimum absolute atomic E-state index is 0.00424. The topological polar surface area (TPSA) is 271 Å². The molecule has 1 rings (SSSR count). The molecule has 0 aromatic heterocycles. The first-order valence-corrected chi connectivity index (χ1v) is 11.1. The molecule has 0 heterocycles. The summed E-state index contributed by atoms with van der Waals surface area (Å²) in [6.45, 7) is 1.10. The second-order valence-corrected chi connectivity index (χ2v) is 8.27. The number of aliphatic carboxylic acids is 2. The Kier molecular flexibility index (Phi) is 11.9. The van der Waals surface area contributed by atoms with Crippen molar-refractivity contribution in [2.24, 2.45) is 11.5 Å². The predicted octanol–water partition coefficient (Wildman–Crippen LogP) is -3.08. The molecule has 0 spiro atoms. The van der Waals surface area contributed by atoms with Crippen molar-refractivity contribution >= 4 is 35.6 Å². The number of hydrogen-bond acceptors (Lipinski definition) is 9. The van der Waals surface area contributed by atoms with Crippen molar-refractivity contribution in [2.45, 2.75) is 62.9 Å². The van der Waals surface area contributed by atoms with Crippen molar-refractivity contribution < 1.29 is 49.2 Å². The molecular weight excluding hydrogens is 494 g/mol. The van der Waals surface area contributed by atoms with E-state index in [0.29, 0.717) is 5.56 Å². The number of amides is 4. The number of benzene rings is 1. The van der Waals surface area contributed by atoms with Gasteiger partial charge < -0.3 is 47.8 Å². The van der Waals surface area contributed by atoms with E-state index < -0.39 is 85.1 Å². The fourth-order valence-electron chi connectivity index (χ4n) is 3.12. The van der Waals surface area contributed by atoms with Crippen LogP contribution in [0.1, 0.15) is 31.7 Å². The lowest BCUT2D eigenvalue weighted by molar-refractivity contribution is -0.145. The van der Waals surface area contributed by atoms with Crippen molar-refractivity contribution in [2.75, 3.05) is 0 Å². The van der Waals surface area contributed by atoms with E-state index in [1.165, 1.54) is 24.3 Å². The molecule has 0 fully saturated rings. The Hall–Kier alpha value is -4.24. The number of carboxylic acids is 2. The molecule has 1 aromatic rings. The summed E-state index contributed by atoms with van der Waals surface area (Å²) in [6.07, 6.45) is -3.28. The number of aromatic hydroxyl groups is 1. The van der Waals surface area contributed by atoms with E-state index in [1.807, 2.05) is 5.32 Å². The Morgan fingerprint density at radius 3 is 1.92 bits per heavy atom. The molecule has 0 saturated carbocycles. The third-order valence-electron chi connectivity index (χ3n) is 5.09. The quantitative estimate of drug-likeness (QED) is 0.111. The number of phenolic OH excluding ortho intramolecular Hbond substituents is 1. The van der Waals surface area contributed by atoms with E-state index in [2.05, 4.69) is 10.6 Å². The number of nitrogens with one attached hydrogen (secondary N) is 3. The zero-order valence-corrected chi connectivity index (χ0v) is 19.9. The Morgan fingerprint density at radius 2 is 1.43 bits per heavy atom. The van der Waals surface area contributed by atoms with Crippen LogP contribution in [0, 0.1) is 0 Å². The molecule has 11 N–H and O–H groups in total. The molecule has 37 heavy (non-hydrogen) atoms. The molecule has 15 heteroatoms. The van der Waals surface area contributed by atoms with Gasteiger partial charge in [0, 0.05) is 6.42 Å². The molecule has 0 aliphatic rings. The fraction of sp³-hybridized carbons (Fsp3) is 0.455. The highest BCUT2D eigenvalue weighted by atomic mass is 16.4. The van der Waals surface area contributed by atoms with E-state index in [9.17, 15) is 39.0 Å². The molecule has 5 unspecified atom stereocenters. The van der Waals surface area contributed by atoms with Crippen LogP contribution in [0.2, 0.25) is 0 Å². The number of carbonyl (C=O) groups excluding carboxylic acids is 4. The lowest BCUT2D eigenvalue weighted by Crippen LogP contribution is -2.58. The van der Waals surface area contributed by atoms with Gasteiger partial charge in [-0.3, -0.25) is 24.0 Å². The predicted molar refractivity (Wildman–Crippen MR) is 126 cm³/mol. The summed E-state index contributed by atoms with van der Waals surface area (Å²) in [5.41, 5.74) is 11.6. The molecule has 15 nitrogen and oxygen atoms in total. The zero-order chi connectivity index (χ0) is 28.3. The van der Waals surface area contributed by atoms with Crippen LogP contribution in [0.25, 0.3) is 0 Å². The fourth-order valence-corrected chi connectivity index (χ4v) is 3.12. The molecule has 0 aliphatic heterocycles. The van der Waals surface area contributed by atoms with Crippen molar-refractivity contribution in [3.63, 3.8) is 0 Å². The first-order chi connectivity index (χ1) is 17.2. The molecule has 1 aromatic carbocycles. The number of primary amides is 1. The molecule has 204 valence electrons. The highest BCUT2D eigenvalue weighted by Crippen LogP contribution is 2.11. The SMILES string of the molecule is CC(O)C(NC(=O)C(CCC(=O)O)NC(=O)C(CC(N)=O)NC(=O)C(N)Cc1ccc(O)cc1)C(=O)O. The normalized spacial score (nSPS) is 14.8. The first kappa shape index (κ1) is 30.8. The summed E-state index contributed by atoms with van der Waals surface area (Å²) in [5.74, 6) is -6.92. The number of carboxylic acid groups (broad SMARTS) is 2. The summed E-state index contributed by atoms with van der Waals surface area (Å²) >= 11 is 0. The van der Waals surface area contributed by atoms with Crippen LogP contribution >= 0.6 is 0 Å². The second-order valence-electron chi connectivity index (χ2n) is 8.27. The van der Waals surface area contributed by atoms with E-state index in [1.54, 1.807) is 0 Å². The minimum atomic E-state index is -1.75. The lowest BCUT2D eigenvalue weighted by atomic mass is 10.0. The maximum Gasteiger partial charge on any atom is 0.328 e. The largest absolute Gasteiger partial charge is 0.508 e.